The van der Waals surface area contributed by atoms with Crippen molar-refractivity contribution in [3.63, 3.8) is 0 Å². The highest BCUT2D eigenvalue weighted by atomic mass is 35.5. The van der Waals surface area contributed by atoms with Crippen molar-refractivity contribution in [1.82, 2.24) is 4.98 Å². The number of pyridine rings is 1. The molecule has 2 aliphatic rings. The smallest absolute Gasteiger partial charge is 0.422 e. The molecule has 2 aromatic rings. The predicted octanol–water partition coefficient (Wildman–Crippen LogP) is 4.87. The third kappa shape index (κ3) is 2.92. The first-order valence-electron chi connectivity index (χ1n) is 8.90. The number of amides is 2. The van der Waals surface area contributed by atoms with Crippen molar-refractivity contribution in [1.29, 1.82) is 0 Å². The van der Waals surface area contributed by atoms with Gasteiger partial charge in [-0.1, -0.05) is 29.8 Å². The van der Waals surface area contributed by atoms with Crippen molar-refractivity contribution in [2.45, 2.75) is 38.7 Å². The van der Waals surface area contributed by atoms with Gasteiger partial charge in [0.2, 0.25) is 0 Å². The molecule has 6 heteroatoms. The lowest BCUT2D eigenvalue weighted by Gasteiger charge is -2.36. The van der Waals surface area contributed by atoms with Crippen LogP contribution in [0.25, 0.3) is 5.57 Å². The fourth-order valence-electron chi connectivity index (χ4n) is 3.71. The van der Waals surface area contributed by atoms with E-state index in [9.17, 15) is 9.59 Å². The van der Waals surface area contributed by atoms with E-state index >= 15 is 0 Å². The van der Waals surface area contributed by atoms with Crippen LogP contribution in [0.4, 0.5) is 10.5 Å². The molecule has 1 aromatic heterocycles. The van der Waals surface area contributed by atoms with Gasteiger partial charge in [-0.25, -0.2) is 9.69 Å². The van der Waals surface area contributed by atoms with Crippen LogP contribution >= 0.6 is 11.6 Å². The minimum Gasteiger partial charge on any atom is -0.438 e. The first-order chi connectivity index (χ1) is 12.9. The van der Waals surface area contributed by atoms with Gasteiger partial charge in [0.15, 0.2) is 0 Å². The Bertz CT molecular complexity index is 967. The molecule has 4 rings (SSSR count). The zero-order chi connectivity index (χ0) is 19.2. The third-order valence-corrected chi connectivity index (χ3v) is 5.26. The number of aromatic nitrogens is 1. The molecule has 0 aliphatic carbocycles. The molecule has 0 spiro atoms. The Hall–Kier alpha value is -2.66. The first kappa shape index (κ1) is 17.7. The number of unbranched alkanes of at least 4 members (excludes halogenated alkanes) is 1. The number of nitrogens with zero attached hydrogens (tertiary/aromatic N) is 2. The fraction of sp³-hybridized carbons (Fsp3) is 0.286. The zero-order valence-corrected chi connectivity index (χ0v) is 15.9. The summed E-state index contributed by atoms with van der Waals surface area (Å²) in [7, 11) is 0. The van der Waals surface area contributed by atoms with Crippen LogP contribution in [0.15, 0.2) is 42.7 Å². The molecule has 3 heterocycles. The van der Waals surface area contributed by atoms with Gasteiger partial charge in [-0.2, -0.15) is 0 Å². The van der Waals surface area contributed by atoms with Gasteiger partial charge in [-0.3, -0.25) is 9.78 Å². The van der Waals surface area contributed by atoms with Crippen molar-refractivity contribution in [2.75, 3.05) is 4.90 Å². The molecule has 0 saturated carbocycles. The van der Waals surface area contributed by atoms with Crippen molar-refractivity contribution < 1.29 is 14.3 Å². The van der Waals surface area contributed by atoms with Crippen molar-refractivity contribution in [3.05, 3.63) is 64.4 Å². The molecule has 0 bridgehead atoms. The van der Waals surface area contributed by atoms with Crippen LogP contribution in [0.5, 0.6) is 0 Å². The molecule has 138 valence electrons. The molecule has 2 amide bonds. The van der Waals surface area contributed by atoms with E-state index in [0.29, 0.717) is 21.8 Å². The van der Waals surface area contributed by atoms with E-state index in [1.807, 2.05) is 24.4 Å². The molecular formula is C21H19ClN2O3. The summed E-state index contributed by atoms with van der Waals surface area (Å²) in [6, 6.07) is 7.51. The van der Waals surface area contributed by atoms with E-state index < -0.39 is 11.7 Å². The predicted molar refractivity (Wildman–Crippen MR) is 104 cm³/mol. The lowest BCUT2D eigenvalue weighted by molar-refractivity contribution is -0.113. The van der Waals surface area contributed by atoms with Gasteiger partial charge >= 0.3 is 6.09 Å². The second kappa shape index (κ2) is 6.50. The summed E-state index contributed by atoms with van der Waals surface area (Å²) in [5, 5.41) is 0.488. The van der Waals surface area contributed by atoms with Crippen molar-refractivity contribution >= 4 is 34.9 Å². The summed E-state index contributed by atoms with van der Waals surface area (Å²) in [6.07, 6.45) is 7.33. The van der Waals surface area contributed by atoms with Gasteiger partial charge in [-0.05, 0) is 50.8 Å². The summed E-state index contributed by atoms with van der Waals surface area (Å²) >= 11 is 6.37. The number of halogens is 1. The standard InChI is InChI=1S/C21H19ClN2O3/c1-21(2)17-16(22)10-9-14-15(19(25)24(18(14)17)20(26)27-21)8-4-3-6-13-7-5-11-23-12-13/h5,7-12H,3-4,6H2,1-2H3/b15-8+. The number of anilines is 1. The Labute approximate surface area is 162 Å². The van der Waals surface area contributed by atoms with Gasteiger partial charge in [0.05, 0.1) is 5.69 Å². The number of carbonyl (C=O) groups is 2. The molecule has 1 aromatic carbocycles. The van der Waals surface area contributed by atoms with Crippen LogP contribution in [0, 0.1) is 0 Å². The molecule has 2 aliphatic heterocycles. The topological polar surface area (TPSA) is 59.5 Å². The van der Waals surface area contributed by atoms with Crippen LogP contribution < -0.4 is 4.90 Å². The number of aryl methyl sites for hydroxylation is 1. The Morgan fingerprint density at radius 3 is 2.81 bits per heavy atom. The molecule has 0 fully saturated rings. The second-order valence-corrected chi connectivity index (χ2v) is 7.62. The number of hydrogen-bond donors (Lipinski definition) is 0. The number of cyclic esters (lactones) is 1. The highest BCUT2D eigenvalue weighted by molar-refractivity contribution is 6.41. The first-order valence-corrected chi connectivity index (χ1v) is 9.28. The van der Waals surface area contributed by atoms with Gasteiger partial charge < -0.3 is 4.74 Å². The Balaban J connectivity index is 1.65. The van der Waals surface area contributed by atoms with E-state index in [1.165, 1.54) is 0 Å². The molecule has 0 unspecified atom stereocenters. The molecular weight excluding hydrogens is 364 g/mol. The summed E-state index contributed by atoms with van der Waals surface area (Å²) in [6.45, 7) is 3.56. The second-order valence-electron chi connectivity index (χ2n) is 7.21. The normalized spacial score (nSPS) is 18.6. The van der Waals surface area contributed by atoms with E-state index in [0.717, 1.165) is 35.3 Å². The highest BCUT2D eigenvalue weighted by Gasteiger charge is 2.49. The third-order valence-electron chi connectivity index (χ3n) is 4.94. The number of imide groups is 1. The number of allylic oxidation sites excluding steroid dienone is 1. The van der Waals surface area contributed by atoms with Gasteiger partial charge in [0, 0.05) is 34.1 Å². The number of benzene rings is 1. The summed E-state index contributed by atoms with van der Waals surface area (Å²) < 4.78 is 5.47. The van der Waals surface area contributed by atoms with Gasteiger partial charge in [-0.15, -0.1) is 0 Å². The summed E-state index contributed by atoms with van der Waals surface area (Å²) in [5.74, 6) is -0.351. The van der Waals surface area contributed by atoms with E-state index in [-0.39, 0.29) is 5.91 Å². The van der Waals surface area contributed by atoms with Crippen molar-refractivity contribution in [3.8, 4) is 0 Å². The largest absolute Gasteiger partial charge is 0.438 e. The van der Waals surface area contributed by atoms with Crippen LogP contribution in [-0.2, 0) is 21.6 Å². The molecule has 0 N–H and O–H groups in total. The van der Waals surface area contributed by atoms with Gasteiger partial charge in [0.1, 0.15) is 5.60 Å². The Kier molecular flexibility index (Phi) is 4.27. The van der Waals surface area contributed by atoms with Crippen molar-refractivity contribution in [2.24, 2.45) is 0 Å². The average molecular weight is 383 g/mol. The average Bonchev–Trinajstić information content (AvgIpc) is 2.90. The minimum atomic E-state index is -0.883. The Morgan fingerprint density at radius 2 is 2.07 bits per heavy atom. The minimum absolute atomic E-state index is 0.351. The lowest BCUT2D eigenvalue weighted by Crippen LogP contribution is -2.44. The van der Waals surface area contributed by atoms with E-state index in [1.54, 1.807) is 32.2 Å². The number of ether oxygens (including phenoxy) is 1. The van der Waals surface area contributed by atoms with Crippen LogP contribution in [0.3, 0.4) is 0 Å². The van der Waals surface area contributed by atoms with Crippen LogP contribution in [0.2, 0.25) is 5.02 Å². The fourth-order valence-corrected chi connectivity index (χ4v) is 4.09. The van der Waals surface area contributed by atoms with E-state index in [2.05, 4.69) is 4.98 Å². The monoisotopic (exact) mass is 382 g/mol. The molecule has 0 radical (unpaired) electrons. The zero-order valence-electron chi connectivity index (χ0n) is 15.2. The Morgan fingerprint density at radius 1 is 1.26 bits per heavy atom. The van der Waals surface area contributed by atoms with E-state index in [4.69, 9.17) is 16.3 Å². The van der Waals surface area contributed by atoms with Crippen LogP contribution in [-0.4, -0.2) is 17.0 Å². The number of hydrogen-bond acceptors (Lipinski definition) is 4. The maximum atomic E-state index is 12.9. The molecule has 5 nitrogen and oxygen atoms in total. The quantitative estimate of drug-likeness (QED) is 0.559. The molecule has 0 atom stereocenters. The number of rotatable bonds is 4. The SMILES string of the molecule is CC1(C)OC(=O)N2C(=O)/C(=C/CCCc3cccnc3)c3ccc(Cl)c1c32. The summed E-state index contributed by atoms with van der Waals surface area (Å²) in [5.41, 5.74) is 2.79. The summed E-state index contributed by atoms with van der Waals surface area (Å²) in [4.78, 5) is 30.5. The highest BCUT2D eigenvalue weighted by Crippen LogP contribution is 2.50. The van der Waals surface area contributed by atoms with Crippen LogP contribution in [0.1, 0.15) is 43.4 Å². The van der Waals surface area contributed by atoms with Gasteiger partial charge in [0.25, 0.3) is 5.91 Å². The maximum absolute atomic E-state index is 12.9. The molecule has 27 heavy (non-hydrogen) atoms. The number of carbonyl (C=O) groups excluding carboxylic acids is 2. The maximum Gasteiger partial charge on any atom is 0.422 e. The lowest BCUT2D eigenvalue weighted by atomic mass is 9.91. The molecule has 0 saturated heterocycles.